The highest BCUT2D eigenvalue weighted by Crippen LogP contribution is 2.19. The summed E-state index contributed by atoms with van der Waals surface area (Å²) in [6, 6.07) is 8.79. The van der Waals surface area contributed by atoms with Gasteiger partial charge in [0.15, 0.2) is 12.4 Å². The summed E-state index contributed by atoms with van der Waals surface area (Å²) >= 11 is 0. The SMILES string of the molecule is CC(=O)c1c(C)[nH]c(C(=O)COC(=O)c2ccc(-n3nc(C)cc3C)cc2)c1C. The van der Waals surface area contributed by atoms with Crippen molar-refractivity contribution in [2.45, 2.75) is 34.6 Å². The normalized spacial score (nSPS) is 10.8. The molecule has 0 bridgehead atoms. The van der Waals surface area contributed by atoms with E-state index >= 15 is 0 Å². The Kier molecular flexibility index (Phi) is 5.50. The summed E-state index contributed by atoms with van der Waals surface area (Å²) in [5.41, 5.74) is 5.07. The molecule has 0 atom stereocenters. The Bertz CT molecular complexity index is 1100. The summed E-state index contributed by atoms with van der Waals surface area (Å²) in [5, 5.41) is 4.41. The summed E-state index contributed by atoms with van der Waals surface area (Å²) in [4.78, 5) is 39.4. The number of nitrogens with zero attached hydrogens (tertiary/aromatic N) is 2. The fourth-order valence-electron chi connectivity index (χ4n) is 3.47. The number of hydrogen-bond acceptors (Lipinski definition) is 5. The summed E-state index contributed by atoms with van der Waals surface area (Å²) in [7, 11) is 0. The predicted molar refractivity (Wildman–Crippen MR) is 108 cm³/mol. The molecule has 0 saturated carbocycles. The van der Waals surface area contributed by atoms with Crippen LogP contribution in [-0.4, -0.2) is 38.9 Å². The number of H-pyrrole nitrogens is 1. The van der Waals surface area contributed by atoms with Crippen LogP contribution < -0.4 is 0 Å². The van der Waals surface area contributed by atoms with Gasteiger partial charge in [-0.15, -0.1) is 0 Å². The molecule has 0 amide bonds. The number of rotatable bonds is 6. The molecule has 1 N–H and O–H groups in total. The molecular formula is C22H23N3O4. The number of nitrogens with one attached hydrogen (secondary N) is 1. The number of benzene rings is 1. The molecule has 0 aliphatic rings. The molecule has 0 aliphatic heterocycles. The molecule has 0 radical (unpaired) electrons. The van der Waals surface area contributed by atoms with Gasteiger partial charge in [0, 0.05) is 17.0 Å². The van der Waals surface area contributed by atoms with Gasteiger partial charge in [-0.05, 0) is 70.5 Å². The van der Waals surface area contributed by atoms with Crippen LogP contribution in [0.2, 0.25) is 0 Å². The molecule has 7 heteroatoms. The number of esters is 1. The molecular weight excluding hydrogens is 370 g/mol. The van der Waals surface area contributed by atoms with Crippen LogP contribution in [0.4, 0.5) is 0 Å². The van der Waals surface area contributed by atoms with Crippen LogP contribution in [0.15, 0.2) is 30.3 Å². The van der Waals surface area contributed by atoms with E-state index in [4.69, 9.17) is 4.74 Å². The maximum absolute atomic E-state index is 12.4. The van der Waals surface area contributed by atoms with Gasteiger partial charge in [0.05, 0.1) is 22.6 Å². The molecule has 0 spiro atoms. The number of carbonyl (C=O) groups is 3. The first-order chi connectivity index (χ1) is 13.7. The standard InChI is InChI=1S/C22H23N3O4/c1-12-10-13(2)25(24-12)18-8-6-17(7-9-18)22(28)29-11-19(27)21-14(3)20(16(5)26)15(4)23-21/h6-10,23H,11H2,1-5H3. The molecule has 2 aromatic heterocycles. The van der Waals surface area contributed by atoms with Crippen molar-refractivity contribution in [3.63, 3.8) is 0 Å². The number of hydrogen-bond donors (Lipinski definition) is 1. The van der Waals surface area contributed by atoms with Gasteiger partial charge in [0.1, 0.15) is 0 Å². The number of ether oxygens (including phenoxy) is 1. The van der Waals surface area contributed by atoms with E-state index in [1.54, 1.807) is 42.8 Å². The van der Waals surface area contributed by atoms with Crippen molar-refractivity contribution in [2.75, 3.05) is 6.61 Å². The van der Waals surface area contributed by atoms with Crippen molar-refractivity contribution in [1.82, 2.24) is 14.8 Å². The van der Waals surface area contributed by atoms with Gasteiger partial charge in [-0.3, -0.25) is 9.59 Å². The topological polar surface area (TPSA) is 94.0 Å². The molecule has 0 saturated heterocycles. The van der Waals surface area contributed by atoms with Crippen LogP contribution in [0.1, 0.15) is 60.8 Å². The zero-order valence-corrected chi connectivity index (χ0v) is 17.1. The van der Waals surface area contributed by atoms with Gasteiger partial charge in [-0.1, -0.05) is 0 Å². The van der Waals surface area contributed by atoms with E-state index < -0.39 is 12.6 Å². The Hall–Kier alpha value is -3.48. The van der Waals surface area contributed by atoms with Gasteiger partial charge < -0.3 is 9.72 Å². The molecule has 3 aromatic rings. The third-order valence-electron chi connectivity index (χ3n) is 4.76. The monoisotopic (exact) mass is 393 g/mol. The van der Waals surface area contributed by atoms with Crippen LogP contribution in [0.5, 0.6) is 0 Å². The number of aromatic nitrogens is 3. The van der Waals surface area contributed by atoms with E-state index in [2.05, 4.69) is 10.1 Å². The van der Waals surface area contributed by atoms with E-state index in [0.717, 1.165) is 17.1 Å². The summed E-state index contributed by atoms with van der Waals surface area (Å²) in [6.07, 6.45) is 0. The zero-order valence-electron chi connectivity index (χ0n) is 17.1. The number of aromatic amines is 1. The minimum Gasteiger partial charge on any atom is -0.454 e. The average molecular weight is 393 g/mol. The highest BCUT2D eigenvalue weighted by Gasteiger charge is 2.21. The Morgan fingerprint density at radius 2 is 1.72 bits per heavy atom. The second-order valence-corrected chi connectivity index (χ2v) is 7.07. The molecule has 150 valence electrons. The van der Waals surface area contributed by atoms with Crippen molar-refractivity contribution < 1.29 is 19.1 Å². The Labute approximate surface area is 168 Å². The first-order valence-electron chi connectivity index (χ1n) is 9.23. The van der Waals surface area contributed by atoms with Crippen LogP contribution in [0.3, 0.4) is 0 Å². The van der Waals surface area contributed by atoms with Crippen molar-refractivity contribution in [3.8, 4) is 5.69 Å². The molecule has 0 fully saturated rings. The molecule has 3 rings (SSSR count). The number of aryl methyl sites for hydroxylation is 3. The summed E-state index contributed by atoms with van der Waals surface area (Å²) < 4.78 is 6.96. The minimum absolute atomic E-state index is 0.116. The number of ketones is 2. The van der Waals surface area contributed by atoms with E-state index in [0.29, 0.717) is 28.1 Å². The fraction of sp³-hybridized carbons (Fsp3) is 0.273. The van der Waals surface area contributed by atoms with Crippen LogP contribution >= 0.6 is 0 Å². The maximum Gasteiger partial charge on any atom is 0.338 e. The van der Waals surface area contributed by atoms with Crippen molar-refractivity contribution in [2.24, 2.45) is 0 Å². The quantitative estimate of drug-likeness (QED) is 0.509. The highest BCUT2D eigenvalue weighted by molar-refractivity contribution is 6.04. The van der Waals surface area contributed by atoms with E-state index in [1.807, 2.05) is 19.9 Å². The van der Waals surface area contributed by atoms with E-state index in [1.165, 1.54) is 6.92 Å². The van der Waals surface area contributed by atoms with Crippen molar-refractivity contribution in [3.05, 3.63) is 69.8 Å². The largest absolute Gasteiger partial charge is 0.454 e. The third kappa shape index (κ3) is 4.03. The van der Waals surface area contributed by atoms with Crippen LogP contribution in [-0.2, 0) is 4.74 Å². The molecule has 1 aromatic carbocycles. The fourth-order valence-corrected chi connectivity index (χ4v) is 3.47. The predicted octanol–water partition coefficient (Wildman–Crippen LogP) is 3.68. The van der Waals surface area contributed by atoms with Crippen molar-refractivity contribution >= 4 is 17.5 Å². The number of carbonyl (C=O) groups excluding carboxylic acids is 3. The van der Waals surface area contributed by atoms with Gasteiger partial charge in [-0.25, -0.2) is 9.48 Å². The Morgan fingerprint density at radius 3 is 2.24 bits per heavy atom. The van der Waals surface area contributed by atoms with Gasteiger partial charge >= 0.3 is 5.97 Å². The lowest BCUT2D eigenvalue weighted by Crippen LogP contribution is -2.15. The zero-order chi connectivity index (χ0) is 21.3. The third-order valence-corrected chi connectivity index (χ3v) is 4.76. The first-order valence-corrected chi connectivity index (χ1v) is 9.23. The lowest BCUT2D eigenvalue weighted by atomic mass is 10.1. The smallest absolute Gasteiger partial charge is 0.338 e. The molecule has 2 heterocycles. The lowest BCUT2D eigenvalue weighted by Gasteiger charge is -2.07. The first kappa shape index (κ1) is 20.3. The van der Waals surface area contributed by atoms with Gasteiger partial charge in [-0.2, -0.15) is 5.10 Å². The average Bonchev–Trinajstić information content (AvgIpc) is 3.17. The van der Waals surface area contributed by atoms with E-state index in [9.17, 15) is 14.4 Å². The second kappa shape index (κ2) is 7.87. The van der Waals surface area contributed by atoms with Crippen molar-refractivity contribution in [1.29, 1.82) is 0 Å². The van der Waals surface area contributed by atoms with Crippen LogP contribution in [0, 0.1) is 27.7 Å². The second-order valence-electron chi connectivity index (χ2n) is 7.07. The minimum atomic E-state index is -0.592. The van der Waals surface area contributed by atoms with Gasteiger partial charge in [0.2, 0.25) is 5.78 Å². The lowest BCUT2D eigenvalue weighted by molar-refractivity contribution is 0.0473. The molecule has 0 aliphatic carbocycles. The molecule has 0 unspecified atom stereocenters. The highest BCUT2D eigenvalue weighted by atomic mass is 16.5. The maximum atomic E-state index is 12.4. The van der Waals surface area contributed by atoms with Crippen LogP contribution in [0.25, 0.3) is 5.69 Å². The molecule has 7 nitrogen and oxygen atoms in total. The Balaban J connectivity index is 1.68. The number of Topliss-reactive ketones (excluding diaryl/α,β-unsaturated/α-hetero) is 2. The summed E-state index contributed by atoms with van der Waals surface area (Å²) in [5.74, 6) is -1.09. The van der Waals surface area contributed by atoms with E-state index in [-0.39, 0.29) is 11.6 Å². The summed E-state index contributed by atoms with van der Waals surface area (Å²) in [6.45, 7) is 8.35. The Morgan fingerprint density at radius 1 is 1.07 bits per heavy atom. The molecule has 29 heavy (non-hydrogen) atoms. The van der Waals surface area contributed by atoms with Gasteiger partial charge in [0.25, 0.3) is 0 Å².